The van der Waals surface area contributed by atoms with E-state index in [-0.39, 0.29) is 0 Å². The number of hydrogen-bond acceptors (Lipinski definition) is 0. The van der Waals surface area contributed by atoms with Gasteiger partial charge in [-0.05, 0) is 23.8 Å². The van der Waals surface area contributed by atoms with Gasteiger partial charge in [0, 0.05) is 27.5 Å². The molecule has 0 radical (unpaired) electrons. The van der Waals surface area contributed by atoms with Gasteiger partial charge in [-0.1, -0.05) is 15.9 Å². The summed E-state index contributed by atoms with van der Waals surface area (Å²) in [5, 5.41) is 1.19. The standard InChI is InChI=1S/C9H7BrClN/c10-8-1-2-9-6(3-4-12-9)7(8)5-11/h1-4,12H,5H2. The van der Waals surface area contributed by atoms with Crippen LogP contribution in [0, 0.1) is 0 Å². The first-order valence-corrected chi connectivity index (χ1v) is 4.96. The van der Waals surface area contributed by atoms with Crippen LogP contribution in [0.15, 0.2) is 28.9 Å². The molecule has 1 aromatic heterocycles. The molecular weight excluding hydrogens is 237 g/mol. The summed E-state index contributed by atoms with van der Waals surface area (Å²) in [7, 11) is 0. The Morgan fingerprint density at radius 3 is 2.92 bits per heavy atom. The number of aromatic amines is 1. The summed E-state index contributed by atoms with van der Waals surface area (Å²) < 4.78 is 1.07. The van der Waals surface area contributed by atoms with Gasteiger partial charge in [-0.25, -0.2) is 0 Å². The molecule has 0 atom stereocenters. The Morgan fingerprint density at radius 2 is 2.17 bits per heavy atom. The number of benzene rings is 1. The molecule has 0 bridgehead atoms. The van der Waals surface area contributed by atoms with Crippen LogP contribution in [-0.2, 0) is 5.88 Å². The normalized spacial score (nSPS) is 10.8. The van der Waals surface area contributed by atoms with E-state index in [1.165, 1.54) is 5.39 Å². The van der Waals surface area contributed by atoms with Crippen molar-refractivity contribution in [3.63, 3.8) is 0 Å². The molecule has 0 aliphatic heterocycles. The molecule has 62 valence electrons. The molecule has 0 amide bonds. The second-order valence-corrected chi connectivity index (χ2v) is 3.72. The molecule has 0 unspecified atom stereocenters. The van der Waals surface area contributed by atoms with Crippen LogP contribution in [0.5, 0.6) is 0 Å². The fourth-order valence-corrected chi connectivity index (χ4v) is 2.24. The summed E-state index contributed by atoms with van der Waals surface area (Å²) in [6.45, 7) is 0. The molecule has 0 fully saturated rings. The molecule has 0 saturated heterocycles. The first-order valence-electron chi connectivity index (χ1n) is 3.63. The van der Waals surface area contributed by atoms with Crippen molar-refractivity contribution in [2.45, 2.75) is 5.88 Å². The molecule has 0 saturated carbocycles. The lowest BCUT2D eigenvalue weighted by molar-refractivity contribution is 1.41. The molecule has 1 heterocycles. The number of H-pyrrole nitrogens is 1. The smallest absolute Gasteiger partial charge is 0.0491 e. The highest BCUT2D eigenvalue weighted by Crippen LogP contribution is 2.26. The quantitative estimate of drug-likeness (QED) is 0.737. The highest BCUT2D eigenvalue weighted by Gasteiger charge is 2.04. The number of aromatic nitrogens is 1. The van der Waals surface area contributed by atoms with Crippen molar-refractivity contribution in [3.05, 3.63) is 34.4 Å². The Hall–Kier alpha value is -0.470. The molecule has 3 heteroatoms. The van der Waals surface area contributed by atoms with Crippen molar-refractivity contribution in [2.24, 2.45) is 0 Å². The highest BCUT2D eigenvalue weighted by atomic mass is 79.9. The highest BCUT2D eigenvalue weighted by molar-refractivity contribution is 9.10. The lowest BCUT2D eigenvalue weighted by atomic mass is 10.1. The summed E-state index contributed by atoms with van der Waals surface area (Å²) in [4.78, 5) is 3.14. The van der Waals surface area contributed by atoms with Crippen molar-refractivity contribution < 1.29 is 0 Å². The van der Waals surface area contributed by atoms with Crippen LogP contribution in [0.25, 0.3) is 10.9 Å². The minimum atomic E-state index is 0.537. The Labute approximate surface area is 83.9 Å². The van der Waals surface area contributed by atoms with Crippen molar-refractivity contribution >= 4 is 38.4 Å². The predicted octanol–water partition coefficient (Wildman–Crippen LogP) is 3.67. The second-order valence-electron chi connectivity index (χ2n) is 2.60. The minimum Gasteiger partial charge on any atom is -0.361 e. The molecule has 2 aromatic rings. The average molecular weight is 245 g/mol. The molecule has 1 nitrogen and oxygen atoms in total. The summed E-state index contributed by atoms with van der Waals surface area (Å²) in [5.41, 5.74) is 2.28. The van der Waals surface area contributed by atoms with Crippen LogP contribution in [0.3, 0.4) is 0 Å². The maximum Gasteiger partial charge on any atom is 0.0491 e. The number of alkyl halides is 1. The Morgan fingerprint density at radius 1 is 1.33 bits per heavy atom. The largest absolute Gasteiger partial charge is 0.361 e. The first-order chi connectivity index (χ1) is 5.83. The van der Waals surface area contributed by atoms with Crippen LogP contribution in [0.4, 0.5) is 0 Å². The van der Waals surface area contributed by atoms with Crippen LogP contribution in [0.1, 0.15) is 5.56 Å². The lowest BCUT2D eigenvalue weighted by Crippen LogP contribution is -1.81. The molecule has 0 aliphatic carbocycles. The van der Waals surface area contributed by atoms with Crippen LogP contribution in [-0.4, -0.2) is 4.98 Å². The lowest BCUT2D eigenvalue weighted by Gasteiger charge is -2.00. The molecule has 1 N–H and O–H groups in total. The van der Waals surface area contributed by atoms with Gasteiger partial charge in [-0.2, -0.15) is 0 Å². The zero-order valence-electron chi connectivity index (χ0n) is 6.27. The van der Waals surface area contributed by atoms with Crippen LogP contribution >= 0.6 is 27.5 Å². The Bertz CT molecular complexity index is 408. The minimum absolute atomic E-state index is 0.537. The summed E-state index contributed by atoms with van der Waals surface area (Å²) in [6, 6.07) is 6.09. The summed E-state index contributed by atoms with van der Waals surface area (Å²) in [6.07, 6.45) is 1.92. The average Bonchev–Trinajstić information content (AvgIpc) is 2.52. The van der Waals surface area contributed by atoms with E-state index in [9.17, 15) is 0 Å². The van der Waals surface area contributed by atoms with E-state index in [4.69, 9.17) is 11.6 Å². The molecule has 0 spiro atoms. The molecule has 0 aliphatic rings. The van der Waals surface area contributed by atoms with E-state index in [0.717, 1.165) is 15.6 Å². The zero-order chi connectivity index (χ0) is 8.55. The van der Waals surface area contributed by atoms with E-state index < -0.39 is 0 Å². The summed E-state index contributed by atoms with van der Waals surface area (Å²) in [5.74, 6) is 0.537. The fraction of sp³-hybridized carbons (Fsp3) is 0.111. The van der Waals surface area contributed by atoms with Gasteiger partial charge >= 0.3 is 0 Å². The van der Waals surface area contributed by atoms with E-state index in [0.29, 0.717) is 5.88 Å². The van der Waals surface area contributed by atoms with E-state index in [1.54, 1.807) is 0 Å². The number of rotatable bonds is 1. The van der Waals surface area contributed by atoms with Gasteiger partial charge in [-0.3, -0.25) is 0 Å². The van der Waals surface area contributed by atoms with Gasteiger partial charge in [-0.15, -0.1) is 11.6 Å². The predicted molar refractivity (Wildman–Crippen MR) is 55.6 cm³/mol. The van der Waals surface area contributed by atoms with Gasteiger partial charge in [0.15, 0.2) is 0 Å². The van der Waals surface area contributed by atoms with Gasteiger partial charge in [0.2, 0.25) is 0 Å². The number of hydrogen-bond donors (Lipinski definition) is 1. The van der Waals surface area contributed by atoms with E-state index >= 15 is 0 Å². The van der Waals surface area contributed by atoms with E-state index in [1.807, 2.05) is 24.4 Å². The third-order valence-electron chi connectivity index (χ3n) is 1.92. The third-order valence-corrected chi connectivity index (χ3v) is 2.93. The second kappa shape index (κ2) is 3.11. The SMILES string of the molecule is ClCc1c(Br)ccc2[nH]ccc12. The first kappa shape index (κ1) is 8.14. The Balaban J connectivity index is 2.83. The van der Waals surface area contributed by atoms with Crippen molar-refractivity contribution in [1.82, 2.24) is 4.98 Å². The van der Waals surface area contributed by atoms with Gasteiger partial charge in [0.05, 0.1) is 0 Å². The third kappa shape index (κ3) is 1.15. The number of nitrogens with one attached hydrogen (secondary N) is 1. The number of fused-ring (bicyclic) bond motifs is 1. The Kier molecular flexibility index (Phi) is 2.11. The molecular formula is C9H7BrClN. The maximum atomic E-state index is 5.82. The van der Waals surface area contributed by atoms with Gasteiger partial charge < -0.3 is 4.98 Å². The van der Waals surface area contributed by atoms with Crippen molar-refractivity contribution in [1.29, 1.82) is 0 Å². The molecule has 12 heavy (non-hydrogen) atoms. The molecule has 1 aromatic carbocycles. The zero-order valence-corrected chi connectivity index (χ0v) is 8.61. The van der Waals surface area contributed by atoms with Crippen LogP contribution in [0.2, 0.25) is 0 Å². The monoisotopic (exact) mass is 243 g/mol. The van der Waals surface area contributed by atoms with Crippen LogP contribution < -0.4 is 0 Å². The summed E-state index contributed by atoms with van der Waals surface area (Å²) >= 11 is 9.29. The topological polar surface area (TPSA) is 15.8 Å². The van der Waals surface area contributed by atoms with E-state index in [2.05, 4.69) is 20.9 Å². The van der Waals surface area contributed by atoms with Crippen molar-refractivity contribution in [2.75, 3.05) is 0 Å². The number of halogens is 2. The fourth-order valence-electron chi connectivity index (χ4n) is 1.30. The van der Waals surface area contributed by atoms with Gasteiger partial charge in [0.25, 0.3) is 0 Å². The van der Waals surface area contributed by atoms with Gasteiger partial charge in [0.1, 0.15) is 0 Å². The molecule has 2 rings (SSSR count). The van der Waals surface area contributed by atoms with Crippen molar-refractivity contribution in [3.8, 4) is 0 Å². The maximum absolute atomic E-state index is 5.82.